The molecule has 0 aromatic carbocycles. The topological polar surface area (TPSA) is 26.3 Å². The summed E-state index contributed by atoms with van der Waals surface area (Å²) in [7, 11) is 1.71. The van der Waals surface area contributed by atoms with Gasteiger partial charge < -0.3 is 4.74 Å². The molecule has 0 N–H and O–H groups in total. The van der Waals surface area contributed by atoms with Gasteiger partial charge in [0.1, 0.15) is 6.29 Å². The summed E-state index contributed by atoms with van der Waals surface area (Å²) in [5.41, 5.74) is 1.91. The van der Waals surface area contributed by atoms with Crippen LogP contribution in [0.5, 0.6) is 0 Å². The number of carbonyl (C=O) groups is 1. The first-order valence-electron chi connectivity index (χ1n) is 5.15. The number of allylic oxidation sites excluding steroid dienone is 5. The van der Waals surface area contributed by atoms with Crippen molar-refractivity contribution in [2.24, 2.45) is 0 Å². The average Bonchev–Trinajstić information content (AvgIpc) is 2.25. The van der Waals surface area contributed by atoms with E-state index in [4.69, 9.17) is 4.74 Å². The van der Waals surface area contributed by atoms with Gasteiger partial charge in [-0.3, -0.25) is 4.79 Å². The molecule has 1 unspecified atom stereocenters. The van der Waals surface area contributed by atoms with Crippen LogP contribution >= 0.6 is 0 Å². The molecule has 0 aliphatic heterocycles. The van der Waals surface area contributed by atoms with Crippen LogP contribution < -0.4 is 0 Å². The number of aldehydes is 1. The molecule has 0 bridgehead atoms. The standard InChI is InChI=1S/C13H20O2/c1-5-13(15-4)12(3)9-7-6-8-11(2)10-14/h6-10,13H,5H2,1-4H3. The van der Waals surface area contributed by atoms with Crippen molar-refractivity contribution in [3.8, 4) is 0 Å². The van der Waals surface area contributed by atoms with Crippen LogP contribution in [-0.4, -0.2) is 19.5 Å². The fourth-order valence-corrected chi connectivity index (χ4v) is 1.24. The Labute approximate surface area is 92.3 Å². The third kappa shape index (κ3) is 6.02. The largest absolute Gasteiger partial charge is 0.377 e. The summed E-state index contributed by atoms with van der Waals surface area (Å²) in [5, 5.41) is 0. The molecule has 0 saturated heterocycles. The zero-order valence-electron chi connectivity index (χ0n) is 9.99. The quantitative estimate of drug-likeness (QED) is 0.381. The predicted molar refractivity (Wildman–Crippen MR) is 63.8 cm³/mol. The molecule has 0 fully saturated rings. The van der Waals surface area contributed by atoms with Crippen molar-refractivity contribution in [3.63, 3.8) is 0 Å². The maximum absolute atomic E-state index is 10.3. The van der Waals surface area contributed by atoms with Crippen LogP contribution in [0.1, 0.15) is 27.2 Å². The van der Waals surface area contributed by atoms with Crippen LogP contribution in [-0.2, 0) is 9.53 Å². The lowest BCUT2D eigenvalue weighted by molar-refractivity contribution is -0.104. The van der Waals surface area contributed by atoms with Crippen molar-refractivity contribution in [1.29, 1.82) is 0 Å². The third-order valence-electron chi connectivity index (χ3n) is 2.18. The highest BCUT2D eigenvalue weighted by molar-refractivity contribution is 5.72. The SMILES string of the molecule is CCC(OC)C(C)=CC=CC=C(C)C=O. The molecule has 2 heteroatoms. The predicted octanol–water partition coefficient (Wildman–Crippen LogP) is 3.06. The van der Waals surface area contributed by atoms with Crippen LogP contribution in [0.2, 0.25) is 0 Å². The molecule has 0 saturated carbocycles. The van der Waals surface area contributed by atoms with E-state index in [1.54, 1.807) is 20.1 Å². The smallest absolute Gasteiger partial charge is 0.145 e. The van der Waals surface area contributed by atoms with Gasteiger partial charge in [-0.15, -0.1) is 0 Å². The molecule has 0 aromatic rings. The highest BCUT2D eigenvalue weighted by Crippen LogP contribution is 2.08. The second kappa shape index (κ2) is 8.18. The Morgan fingerprint density at radius 2 is 1.87 bits per heavy atom. The molecule has 0 rings (SSSR count). The number of methoxy groups -OCH3 is 1. The van der Waals surface area contributed by atoms with Gasteiger partial charge in [0, 0.05) is 7.11 Å². The number of hydrogen-bond donors (Lipinski definition) is 0. The van der Waals surface area contributed by atoms with E-state index in [1.165, 1.54) is 5.57 Å². The molecular weight excluding hydrogens is 188 g/mol. The van der Waals surface area contributed by atoms with Crippen LogP contribution in [0.4, 0.5) is 0 Å². The van der Waals surface area contributed by atoms with Gasteiger partial charge in [-0.25, -0.2) is 0 Å². The zero-order valence-corrected chi connectivity index (χ0v) is 9.99. The highest BCUT2D eigenvalue weighted by Gasteiger charge is 2.03. The van der Waals surface area contributed by atoms with Gasteiger partial charge >= 0.3 is 0 Å². The number of hydrogen-bond acceptors (Lipinski definition) is 2. The van der Waals surface area contributed by atoms with Crippen molar-refractivity contribution in [1.82, 2.24) is 0 Å². The highest BCUT2D eigenvalue weighted by atomic mass is 16.5. The fourth-order valence-electron chi connectivity index (χ4n) is 1.24. The van der Waals surface area contributed by atoms with E-state index in [0.29, 0.717) is 0 Å². The average molecular weight is 208 g/mol. The second-order valence-electron chi connectivity index (χ2n) is 3.46. The summed E-state index contributed by atoms with van der Waals surface area (Å²) in [6.45, 7) is 5.90. The molecule has 84 valence electrons. The molecule has 2 nitrogen and oxygen atoms in total. The minimum atomic E-state index is 0.186. The lowest BCUT2D eigenvalue weighted by Crippen LogP contribution is -2.09. The van der Waals surface area contributed by atoms with Gasteiger partial charge in [0.2, 0.25) is 0 Å². The number of rotatable bonds is 6. The molecule has 0 amide bonds. The normalized spacial score (nSPS) is 15.7. The molecule has 0 aliphatic carbocycles. The van der Waals surface area contributed by atoms with E-state index >= 15 is 0 Å². The molecule has 0 spiro atoms. The first-order valence-corrected chi connectivity index (χ1v) is 5.15. The Bertz CT molecular complexity index is 268. The van der Waals surface area contributed by atoms with Crippen LogP contribution in [0.3, 0.4) is 0 Å². The van der Waals surface area contributed by atoms with Gasteiger partial charge in [0.25, 0.3) is 0 Å². The van der Waals surface area contributed by atoms with Crippen molar-refractivity contribution < 1.29 is 9.53 Å². The molecule has 1 atom stereocenters. The van der Waals surface area contributed by atoms with E-state index in [9.17, 15) is 4.79 Å². The van der Waals surface area contributed by atoms with Crippen molar-refractivity contribution >= 4 is 6.29 Å². The summed E-state index contributed by atoms with van der Waals surface area (Å²) < 4.78 is 5.29. The Morgan fingerprint density at radius 1 is 1.27 bits per heavy atom. The first kappa shape index (κ1) is 13.8. The second-order valence-corrected chi connectivity index (χ2v) is 3.46. The third-order valence-corrected chi connectivity index (χ3v) is 2.18. The molecule has 0 aliphatic rings. The summed E-state index contributed by atoms with van der Waals surface area (Å²) >= 11 is 0. The summed E-state index contributed by atoms with van der Waals surface area (Å²) in [4.78, 5) is 10.3. The maximum atomic E-state index is 10.3. The van der Waals surface area contributed by atoms with E-state index in [2.05, 4.69) is 6.92 Å². The van der Waals surface area contributed by atoms with E-state index in [0.717, 1.165) is 18.3 Å². The van der Waals surface area contributed by atoms with Gasteiger partial charge in [-0.2, -0.15) is 0 Å². The minimum Gasteiger partial charge on any atom is -0.377 e. The van der Waals surface area contributed by atoms with Crippen LogP contribution in [0.15, 0.2) is 35.5 Å². The maximum Gasteiger partial charge on any atom is 0.145 e. The van der Waals surface area contributed by atoms with Crippen LogP contribution in [0, 0.1) is 0 Å². The lowest BCUT2D eigenvalue weighted by Gasteiger charge is -2.12. The zero-order chi connectivity index (χ0) is 11.7. The Balaban J connectivity index is 4.32. The van der Waals surface area contributed by atoms with Crippen molar-refractivity contribution in [3.05, 3.63) is 35.5 Å². The van der Waals surface area contributed by atoms with Gasteiger partial charge in [0.05, 0.1) is 6.10 Å². The van der Waals surface area contributed by atoms with Gasteiger partial charge in [-0.1, -0.05) is 31.2 Å². The van der Waals surface area contributed by atoms with E-state index in [1.807, 2.05) is 25.2 Å². The van der Waals surface area contributed by atoms with Gasteiger partial charge in [0.15, 0.2) is 0 Å². The fraction of sp³-hybridized carbons (Fsp3) is 0.462. The molecular formula is C13H20O2. The van der Waals surface area contributed by atoms with Crippen molar-refractivity contribution in [2.45, 2.75) is 33.3 Å². The Hall–Kier alpha value is -1.15. The summed E-state index contributed by atoms with van der Waals surface area (Å²) in [6.07, 6.45) is 9.56. The summed E-state index contributed by atoms with van der Waals surface area (Å²) in [6, 6.07) is 0. The van der Waals surface area contributed by atoms with E-state index in [-0.39, 0.29) is 6.10 Å². The lowest BCUT2D eigenvalue weighted by atomic mass is 10.1. The summed E-state index contributed by atoms with van der Waals surface area (Å²) in [5.74, 6) is 0. The Kier molecular flexibility index (Phi) is 7.56. The number of carbonyl (C=O) groups excluding carboxylic acids is 1. The number of ether oxygens (including phenoxy) is 1. The monoisotopic (exact) mass is 208 g/mol. The van der Waals surface area contributed by atoms with E-state index < -0.39 is 0 Å². The van der Waals surface area contributed by atoms with Gasteiger partial charge in [-0.05, 0) is 31.4 Å². The molecule has 0 aromatic heterocycles. The minimum absolute atomic E-state index is 0.186. The first-order chi connectivity index (χ1) is 7.15. The molecule has 0 heterocycles. The molecule has 15 heavy (non-hydrogen) atoms. The Morgan fingerprint density at radius 3 is 2.33 bits per heavy atom. The molecule has 0 radical (unpaired) electrons. The van der Waals surface area contributed by atoms with Crippen LogP contribution in [0.25, 0.3) is 0 Å². The van der Waals surface area contributed by atoms with Crippen molar-refractivity contribution in [2.75, 3.05) is 7.11 Å².